The fraction of sp³-hybridized carbons (Fsp3) is 0.455. The van der Waals surface area contributed by atoms with Crippen LogP contribution in [0.15, 0.2) is 18.2 Å². The number of hydrogen-bond acceptors (Lipinski definition) is 2. The zero-order valence-electron chi connectivity index (χ0n) is 8.63. The third-order valence-corrected chi connectivity index (χ3v) is 2.13. The molecule has 84 valence electrons. The molecule has 4 heteroatoms. The largest absolute Gasteiger partial charge is 0.391 e. The molecule has 0 aliphatic heterocycles. The number of aliphatic hydroxyl groups is 1. The highest BCUT2D eigenvalue weighted by Gasteiger charge is 2.12. The molecule has 0 radical (unpaired) electrons. The molecular formula is C11H15F2NO. The van der Waals surface area contributed by atoms with Crippen molar-refractivity contribution in [1.29, 1.82) is 0 Å². The van der Waals surface area contributed by atoms with E-state index in [1.807, 2.05) is 6.92 Å². The standard InChI is InChI=1S/C11H15F2NO/c1-2-14-7-8(15)6-9-10(12)4-3-5-11(9)13/h3-5,8,14-15H,2,6-7H2,1H3. The Morgan fingerprint density at radius 1 is 1.33 bits per heavy atom. The Bertz CT molecular complexity index is 297. The Balaban J connectivity index is 2.63. The van der Waals surface area contributed by atoms with E-state index in [-0.39, 0.29) is 12.0 Å². The Morgan fingerprint density at radius 3 is 2.47 bits per heavy atom. The summed E-state index contributed by atoms with van der Waals surface area (Å²) in [6.45, 7) is 2.96. The molecule has 0 aromatic heterocycles. The summed E-state index contributed by atoms with van der Waals surface area (Å²) in [5, 5.41) is 12.4. The zero-order valence-corrected chi connectivity index (χ0v) is 8.63. The van der Waals surface area contributed by atoms with Gasteiger partial charge in [0.05, 0.1) is 6.10 Å². The van der Waals surface area contributed by atoms with Gasteiger partial charge in [-0.25, -0.2) is 8.78 Å². The number of hydrogen-bond donors (Lipinski definition) is 2. The molecule has 0 fully saturated rings. The second-order valence-corrected chi connectivity index (χ2v) is 3.37. The van der Waals surface area contributed by atoms with Crippen LogP contribution < -0.4 is 5.32 Å². The van der Waals surface area contributed by atoms with Gasteiger partial charge in [-0.15, -0.1) is 0 Å². The van der Waals surface area contributed by atoms with Gasteiger partial charge in [0.1, 0.15) is 11.6 Å². The highest BCUT2D eigenvalue weighted by molar-refractivity contribution is 5.20. The van der Waals surface area contributed by atoms with Gasteiger partial charge in [0.15, 0.2) is 0 Å². The minimum absolute atomic E-state index is 0.00843. The topological polar surface area (TPSA) is 32.3 Å². The van der Waals surface area contributed by atoms with Crippen molar-refractivity contribution in [2.45, 2.75) is 19.4 Å². The second kappa shape index (κ2) is 5.78. The van der Waals surface area contributed by atoms with E-state index in [0.717, 1.165) is 6.54 Å². The maximum Gasteiger partial charge on any atom is 0.129 e. The fourth-order valence-corrected chi connectivity index (χ4v) is 1.35. The van der Waals surface area contributed by atoms with Crippen molar-refractivity contribution in [3.05, 3.63) is 35.4 Å². The van der Waals surface area contributed by atoms with E-state index >= 15 is 0 Å². The van der Waals surface area contributed by atoms with Crippen molar-refractivity contribution < 1.29 is 13.9 Å². The van der Waals surface area contributed by atoms with Crippen molar-refractivity contribution in [2.24, 2.45) is 0 Å². The summed E-state index contributed by atoms with van der Waals surface area (Å²) in [5.74, 6) is -1.21. The first-order valence-electron chi connectivity index (χ1n) is 4.96. The van der Waals surface area contributed by atoms with E-state index < -0.39 is 17.7 Å². The molecule has 2 nitrogen and oxygen atoms in total. The van der Waals surface area contributed by atoms with E-state index in [0.29, 0.717) is 6.54 Å². The first-order valence-corrected chi connectivity index (χ1v) is 4.96. The Hall–Kier alpha value is -1.00. The summed E-state index contributed by atoms with van der Waals surface area (Å²) in [4.78, 5) is 0. The Morgan fingerprint density at radius 2 is 1.93 bits per heavy atom. The number of likely N-dealkylation sites (N-methyl/N-ethyl adjacent to an activating group) is 1. The quantitative estimate of drug-likeness (QED) is 0.779. The molecule has 1 aromatic rings. The van der Waals surface area contributed by atoms with Crippen LogP contribution in [0.1, 0.15) is 12.5 Å². The van der Waals surface area contributed by atoms with E-state index in [4.69, 9.17) is 0 Å². The third kappa shape index (κ3) is 3.57. The van der Waals surface area contributed by atoms with Gasteiger partial charge in [-0.2, -0.15) is 0 Å². The normalized spacial score (nSPS) is 12.8. The van der Waals surface area contributed by atoms with Crippen LogP contribution in [0.25, 0.3) is 0 Å². The number of nitrogens with one attached hydrogen (secondary N) is 1. The van der Waals surface area contributed by atoms with Crippen molar-refractivity contribution in [3.8, 4) is 0 Å². The highest BCUT2D eigenvalue weighted by atomic mass is 19.1. The molecule has 1 rings (SSSR count). The fourth-order valence-electron chi connectivity index (χ4n) is 1.35. The molecule has 2 N–H and O–H groups in total. The zero-order chi connectivity index (χ0) is 11.3. The van der Waals surface area contributed by atoms with E-state index in [1.165, 1.54) is 18.2 Å². The molecule has 0 saturated carbocycles. The average molecular weight is 215 g/mol. The van der Waals surface area contributed by atoms with Gasteiger partial charge in [-0.3, -0.25) is 0 Å². The molecule has 0 heterocycles. The van der Waals surface area contributed by atoms with Gasteiger partial charge in [0.25, 0.3) is 0 Å². The smallest absolute Gasteiger partial charge is 0.129 e. The summed E-state index contributed by atoms with van der Waals surface area (Å²) in [6, 6.07) is 3.70. The van der Waals surface area contributed by atoms with Crippen LogP contribution in [0.4, 0.5) is 8.78 Å². The van der Waals surface area contributed by atoms with Crippen LogP contribution in [0.2, 0.25) is 0 Å². The summed E-state index contributed by atoms with van der Waals surface area (Å²) < 4.78 is 26.3. The monoisotopic (exact) mass is 215 g/mol. The van der Waals surface area contributed by atoms with Crippen LogP contribution in [-0.4, -0.2) is 24.3 Å². The maximum atomic E-state index is 13.2. The number of halogens is 2. The first-order chi connectivity index (χ1) is 7.15. The molecule has 0 aliphatic carbocycles. The van der Waals surface area contributed by atoms with Gasteiger partial charge in [0, 0.05) is 18.5 Å². The molecule has 0 spiro atoms. The lowest BCUT2D eigenvalue weighted by atomic mass is 10.1. The average Bonchev–Trinajstić information content (AvgIpc) is 2.21. The molecule has 0 amide bonds. The van der Waals surface area contributed by atoms with Crippen molar-refractivity contribution >= 4 is 0 Å². The Kier molecular flexibility index (Phi) is 4.65. The first kappa shape index (κ1) is 12.1. The predicted octanol–water partition coefficient (Wildman–Crippen LogP) is 1.48. The maximum absolute atomic E-state index is 13.2. The summed E-state index contributed by atoms with van der Waals surface area (Å²) >= 11 is 0. The minimum Gasteiger partial charge on any atom is -0.391 e. The second-order valence-electron chi connectivity index (χ2n) is 3.37. The lowest BCUT2D eigenvalue weighted by Gasteiger charge is -2.11. The van der Waals surface area contributed by atoms with Crippen LogP contribution in [-0.2, 0) is 6.42 Å². The van der Waals surface area contributed by atoms with Crippen LogP contribution >= 0.6 is 0 Å². The molecule has 1 aromatic carbocycles. The van der Waals surface area contributed by atoms with E-state index in [1.54, 1.807) is 0 Å². The number of aliphatic hydroxyl groups excluding tert-OH is 1. The molecule has 1 atom stereocenters. The molecule has 0 aliphatic rings. The van der Waals surface area contributed by atoms with Gasteiger partial charge in [-0.1, -0.05) is 13.0 Å². The molecule has 1 unspecified atom stereocenters. The van der Waals surface area contributed by atoms with Crippen molar-refractivity contribution in [1.82, 2.24) is 5.32 Å². The number of rotatable bonds is 5. The van der Waals surface area contributed by atoms with E-state index in [9.17, 15) is 13.9 Å². The van der Waals surface area contributed by atoms with Crippen molar-refractivity contribution in [3.63, 3.8) is 0 Å². The SMILES string of the molecule is CCNCC(O)Cc1c(F)cccc1F. The molecule has 0 saturated heterocycles. The minimum atomic E-state index is -0.767. The van der Waals surface area contributed by atoms with Gasteiger partial charge in [0.2, 0.25) is 0 Å². The van der Waals surface area contributed by atoms with Crippen LogP contribution in [0, 0.1) is 11.6 Å². The van der Waals surface area contributed by atoms with Gasteiger partial charge < -0.3 is 10.4 Å². The molecular weight excluding hydrogens is 200 g/mol. The summed E-state index contributed by atoms with van der Waals surface area (Å²) in [5.41, 5.74) is -0.0529. The lowest BCUT2D eigenvalue weighted by molar-refractivity contribution is 0.170. The third-order valence-electron chi connectivity index (χ3n) is 2.13. The molecule has 15 heavy (non-hydrogen) atoms. The summed E-state index contributed by atoms with van der Waals surface area (Å²) in [6.07, 6.45) is -0.776. The Labute approximate surface area is 87.9 Å². The van der Waals surface area contributed by atoms with Gasteiger partial charge in [-0.05, 0) is 18.7 Å². The van der Waals surface area contributed by atoms with Crippen LogP contribution in [0.5, 0.6) is 0 Å². The summed E-state index contributed by atoms with van der Waals surface area (Å²) in [7, 11) is 0. The lowest BCUT2D eigenvalue weighted by Crippen LogP contribution is -2.28. The number of benzene rings is 1. The highest BCUT2D eigenvalue weighted by Crippen LogP contribution is 2.13. The molecule has 0 bridgehead atoms. The van der Waals surface area contributed by atoms with Gasteiger partial charge >= 0.3 is 0 Å². The van der Waals surface area contributed by atoms with Crippen LogP contribution in [0.3, 0.4) is 0 Å². The van der Waals surface area contributed by atoms with E-state index in [2.05, 4.69) is 5.32 Å². The van der Waals surface area contributed by atoms with Crippen molar-refractivity contribution in [2.75, 3.05) is 13.1 Å². The predicted molar refractivity (Wildman–Crippen MR) is 54.6 cm³/mol.